The lowest BCUT2D eigenvalue weighted by molar-refractivity contribution is 0.122. The van der Waals surface area contributed by atoms with Crippen LogP contribution in [0.3, 0.4) is 0 Å². The van der Waals surface area contributed by atoms with Gasteiger partial charge in [0.15, 0.2) is 0 Å². The fourth-order valence-corrected chi connectivity index (χ4v) is 4.35. The second kappa shape index (κ2) is 7.31. The molecule has 3 heterocycles. The first-order valence-corrected chi connectivity index (χ1v) is 9.82. The molecule has 134 valence electrons. The lowest BCUT2D eigenvalue weighted by atomic mass is 10.2. The fourth-order valence-electron chi connectivity index (χ4n) is 3.60. The Labute approximate surface area is 151 Å². The van der Waals surface area contributed by atoms with Gasteiger partial charge in [-0.3, -0.25) is 14.6 Å². The summed E-state index contributed by atoms with van der Waals surface area (Å²) in [5, 5.41) is 15.0. The predicted octanol–water partition coefficient (Wildman–Crippen LogP) is 0.710. The molecule has 2 aliphatic rings. The van der Waals surface area contributed by atoms with Crippen molar-refractivity contribution >= 4 is 11.3 Å². The lowest BCUT2D eigenvalue weighted by Crippen LogP contribution is -2.47. The zero-order valence-electron chi connectivity index (χ0n) is 14.6. The molecule has 0 aromatic carbocycles. The Morgan fingerprint density at radius 2 is 1.88 bits per heavy atom. The second-order valence-electron chi connectivity index (χ2n) is 6.86. The van der Waals surface area contributed by atoms with Gasteiger partial charge in [-0.1, -0.05) is 0 Å². The lowest BCUT2D eigenvalue weighted by Gasteiger charge is -2.34. The van der Waals surface area contributed by atoms with Crippen LogP contribution in [-0.2, 0) is 25.9 Å². The van der Waals surface area contributed by atoms with E-state index < -0.39 is 0 Å². The number of aryl methyl sites for hydroxylation is 3. The van der Waals surface area contributed by atoms with Crippen molar-refractivity contribution < 1.29 is 0 Å². The summed E-state index contributed by atoms with van der Waals surface area (Å²) in [6.45, 7) is 8.57. The molecule has 25 heavy (non-hydrogen) atoms. The maximum absolute atomic E-state index is 12.2. The van der Waals surface area contributed by atoms with E-state index in [2.05, 4.69) is 25.1 Å². The number of hydrogen-bond acceptors (Lipinski definition) is 7. The molecule has 2 aromatic heterocycles. The molecule has 1 saturated heterocycles. The van der Waals surface area contributed by atoms with E-state index in [0.717, 1.165) is 79.8 Å². The molecule has 0 atom stereocenters. The van der Waals surface area contributed by atoms with Gasteiger partial charge in [0.25, 0.3) is 5.56 Å². The van der Waals surface area contributed by atoms with Gasteiger partial charge in [0.1, 0.15) is 10.0 Å². The molecule has 0 saturated carbocycles. The van der Waals surface area contributed by atoms with E-state index in [-0.39, 0.29) is 5.56 Å². The van der Waals surface area contributed by atoms with E-state index in [1.165, 1.54) is 0 Å². The molecular weight excluding hydrogens is 336 g/mol. The Morgan fingerprint density at radius 1 is 1.08 bits per heavy atom. The minimum atomic E-state index is 0.0472. The molecule has 7 nitrogen and oxygen atoms in total. The summed E-state index contributed by atoms with van der Waals surface area (Å²) in [5.74, 6) is 0. The van der Waals surface area contributed by atoms with Crippen molar-refractivity contribution in [2.24, 2.45) is 0 Å². The molecule has 0 radical (unpaired) electrons. The van der Waals surface area contributed by atoms with Gasteiger partial charge < -0.3 is 0 Å². The third-order valence-electron chi connectivity index (χ3n) is 5.04. The Kier molecular flexibility index (Phi) is 4.91. The Hall–Kier alpha value is -1.64. The van der Waals surface area contributed by atoms with E-state index in [9.17, 15) is 4.79 Å². The van der Waals surface area contributed by atoms with Crippen LogP contribution in [0.15, 0.2) is 10.9 Å². The van der Waals surface area contributed by atoms with Crippen molar-refractivity contribution in [3.05, 3.63) is 37.7 Å². The molecule has 0 N–H and O–H groups in total. The minimum absolute atomic E-state index is 0.0472. The van der Waals surface area contributed by atoms with Crippen LogP contribution in [0.4, 0.5) is 0 Å². The number of fused-ring (bicyclic) bond motifs is 1. The summed E-state index contributed by atoms with van der Waals surface area (Å²) < 4.78 is 1.65. The normalized spacial score (nSPS) is 18.6. The number of rotatable bonds is 5. The highest BCUT2D eigenvalue weighted by molar-refractivity contribution is 7.11. The molecule has 1 aliphatic carbocycles. The van der Waals surface area contributed by atoms with Crippen LogP contribution in [-0.4, -0.2) is 62.5 Å². The van der Waals surface area contributed by atoms with Crippen LogP contribution in [0.25, 0.3) is 0 Å². The van der Waals surface area contributed by atoms with Gasteiger partial charge in [-0.25, -0.2) is 4.68 Å². The summed E-state index contributed by atoms with van der Waals surface area (Å²) >= 11 is 1.68. The van der Waals surface area contributed by atoms with E-state index in [4.69, 9.17) is 0 Å². The zero-order valence-corrected chi connectivity index (χ0v) is 15.5. The Balaban J connectivity index is 1.27. The van der Waals surface area contributed by atoms with E-state index in [1.54, 1.807) is 22.1 Å². The second-order valence-corrected chi connectivity index (χ2v) is 8.13. The predicted molar refractivity (Wildman–Crippen MR) is 96.9 cm³/mol. The summed E-state index contributed by atoms with van der Waals surface area (Å²) in [7, 11) is 0. The summed E-state index contributed by atoms with van der Waals surface area (Å²) in [6, 6.07) is 1.79. The van der Waals surface area contributed by atoms with Crippen LogP contribution < -0.4 is 5.56 Å². The van der Waals surface area contributed by atoms with Gasteiger partial charge in [0.2, 0.25) is 0 Å². The first-order chi connectivity index (χ1) is 12.2. The monoisotopic (exact) mass is 360 g/mol. The molecule has 4 rings (SSSR count). The SMILES string of the molecule is Cc1nnc(CN2CCN(CCn3nc4c(cc3=O)CCC4)CC2)s1. The highest BCUT2D eigenvalue weighted by Crippen LogP contribution is 2.17. The van der Waals surface area contributed by atoms with Crippen LogP contribution >= 0.6 is 11.3 Å². The molecule has 1 fully saturated rings. The highest BCUT2D eigenvalue weighted by atomic mass is 32.1. The van der Waals surface area contributed by atoms with Gasteiger partial charge in [-0.15, -0.1) is 21.5 Å². The smallest absolute Gasteiger partial charge is 0.267 e. The topological polar surface area (TPSA) is 67.2 Å². The summed E-state index contributed by atoms with van der Waals surface area (Å²) in [4.78, 5) is 17.0. The van der Waals surface area contributed by atoms with Crippen LogP contribution in [0.1, 0.15) is 27.7 Å². The van der Waals surface area contributed by atoms with E-state index in [0.29, 0.717) is 6.54 Å². The first-order valence-electron chi connectivity index (χ1n) is 9.01. The molecule has 1 aliphatic heterocycles. The van der Waals surface area contributed by atoms with Crippen LogP contribution in [0.2, 0.25) is 0 Å². The van der Waals surface area contributed by atoms with Crippen molar-refractivity contribution in [1.29, 1.82) is 0 Å². The first kappa shape index (κ1) is 16.8. The average Bonchev–Trinajstić information content (AvgIpc) is 3.22. The number of piperazine rings is 1. The van der Waals surface area contributed by atoms with Crippen LogP contribution in [0, 0.1) is 6.92 Å². The minimum Gasteiger partial charge on any atom is -0.299 e. The van der Waals surface area contributed by atoms with Crippen molar-refractivity contribution in [3.63, 3.8) is 0 Å². The third kappa shape index (κ3) is 3.96. The Bertz CT molecular complexity index is 793. The van der Waals surface area contributed by atoms with Gasteiger partial charge in [0, 0.05) is 38.8 Å². The number of hydrogen-bond donors (Lipinski definition) is 0. The summed E-state index contributed by atoms with van der Waals surface area (Å²) in [5.41, 5.74) is 2.32. The molecular formula is C17H24N6OS. The maximum atomic E-state index is 12.2. The molecule has 0 bridgehead atoms. The van der Waals surface area contributed by atoms with Crippen molar-refractivity contribution in [1.82, 2.24) is 29.8 Å². The average molecular weight is 360 g/mol. The van der Waals surface area contributed by atoms with Gasteiger partial charge in [-0.05, 0) is 31.7 Å². The van der Waals surface area contributed by atoms with Gasteiger partial charge in [0.05, 0.1) is 18.8 Å². The van der Waals surface area contributed by atoms with E-state index in [1.807, 2.05) is 6.92 Å². The van der Waals surface area contributed by atoms with Crippen molar-refractivity contribution in [3.8, 4) is 0 Å². The number of nitrogens with zero attached hydrogens (tertiary/aromatic N) is 6. The summed E-state index contributed by atoms with van der Waals surface area (Å²) in [6.07, 6.45) is 3.15. The molecule has 8 heteroatoms. The standard InChI is InChI=1S/C17H24N6OS/c1-13-18-19-16(25-13)12-22-7-5-21(6-8-22)9-10-23-17(24)11-14-3-2-4-15(14)20-23/h11H,2-10,12H2,1H3. The van der Waals surface area contributed by atoms with Gasteiger partial charge in [-0.2, -0.15) is 5.10 Å². The fraction of sp³-hybridized carbons (Fsp3) is 0.647. The number of aromatic nitrogens is 4. The van der Waals surface area contributed by atoms with E-state index >= 15 is 0 Å². The van der Waals surface area contributed by atoms with Crippen LogP contribution in [0.5, 0.6) is 0 Å². The maximum Gasteiger partial charge on any atom is 0.267 e. The Morgan fingerprint density at radius 3 is 2.64 bits per heavy atom. The quantitative estimate of drug-likeness (QED) is 0.782. The van der Waals surface area contributed by atoms with Gasteiger partial charge >= 0.3 is 0 Å². The molecule has 0 unspecified atom stereocenters. The third-order valence-corrected chi connectivity index (χ3v) is 5.87. The van der Waals surface area contributed by atoms with Crippen molar-refractivity contribution in [2.45, 2.75) is 39.3 Å². The molecule has 0 spiro atoms. The van der Waals surface area contributed by atoms with Crippen molar-refractivity contribution in [2.75, 3.05) is 32.7 Å². The molecule has 0 amide bonds. The zero-order chi connectivity index (χ0) is 17.2. The largest absolute Gasteiger partial charge is 0.299 e. The highest BCUT2D eigenvalue weighted by Gasteiger charge is 2.19. The molecule has 2 aromatic rings.